The molecule has 0 amide bonds. The number of carbonyl (C=O) groups is 1. The van der Waals surface area contributed by atoms with Gasteiger partial charge in [0.15, 0.2) is 0 Å². The fraction of sp³-hybridized carbons (Fsp3) is 0.353. The number of nitrogens with zero attached hydrogens (tertiary/aromatic N) is 3. The number of aromatic nitrogens is 1. The molecule has 0 unspecified atom stereocenters. The third kappa shape index (κ3) is 3.80. The number of aromatic amines is 1. The zero-order chi connectivity index (χ0) is 17.8. The number of esters is 1. The van der Waals surface area contributed by atoms with Crippen molar-refractivity contribution in [2.75, 3.05) is 38.2 Å². The fourth-order valence-corrected chi connectivity index (χ4v) is 3.05. The Morgan fingerprint density at radius 2 is 2.00 bits per heavy atom. The summed E-state index contributed by atoms with van der Waals surface area (Å²) in [5.74, 6) is -0.382. The average Bonchev–Trinajstić information content (AvgIpc) is 3.10. The minimum Gasteiger partial charge on any atom is -0.464 e. The maximum atomic E-state index is 11.5. The van der Waals surface area contributed by atoms with Gasteiger partial charge in [-0.25, -0.2) is 4.79 Å². The van der Waals surface area contributed by atoms with Crippen molar-refractivity contribution in [3.63, 3.8) is 0 Å². The summed E-state index contributed by atoms with van der Waals surface area (Å²) >= 11 is 0. The number of methoxy groups -OCH3 is 1. The van der Waals surface area contributed by atoms with Crippen LogP contribution in [0.3, 0.4) is 0 Å². The van der Waals surface area contributed by atoms with Crippen LogP contribution in [-0.2, 0) is 11.3 Å². The lowest BCUT2D eigenvalue weighted by Crippen LogP contribution is -2.46. The highest BCUT2D eigenvalue weighted by molar-refractivity contribution is 5.87. The SMILES string of the molecule is COC(=O)c1cc(CN2CCN(c3ccccc3[N+](=O)[O-])CC2)c[nH]1. The molecule has 1 saturated heterocycles. The van der Waals surface area contributed by atoms with E-state index in [1.54, 1.807) is 24.4 Å². The van der Waals surface area contributed by atoms with Crippen molar-refractivity contribution < 1.29 is 14.5 Å². The number of rotatable bonds is 5. The van der Waals surface area contributed by atoms with E-state index in [4.69, 9.17) is 0 Å². The van der Waals surface area contributed by atoms with E-state index in [2.05, 4.69) is 14.6 Å². The molecule has 1 aromatic heterocycles. The van der Waals surface area contributed by atoms with Gasteiger partial charge in [0, 0.05) is 45.0 Å². The minimum absolute atomic E-state index is 0.143. The lowest BCUT2D eigenvalue weighted by molar-refractivity contribution is -0.384. The number of benzene rings is 1. The van der Waals surface area contributed by atoms with Crippen molar-refractivity contribution in [2.45, 2.75) is 6.54 Å². The Labute approximate surface area is 145 Å². The smallest absolute Gasteiger partial charge is 0.354 e. The number of H-pyrrole nitrogens is 1. The molecule has 2 aromatic rings. The van der Waals surface area contributed by atoms with Crippen molar-refractivity contribution in [3.8, 4) is 0 Å². The lowest BCUT2D eigenvalue weighted by atomic mass is 10.2. The third-order valence-corrected chi connectivity index (χ3v) is 4.35. The number of hydrogen-bond donors (Lipinski definition) is 1. The molecule has 8 nitrogen and oxygen atoms in total. The molecule has 0 radical (unpaired) electrons. The van der Waals surface area contributed by atoms with Crippen molar-refractivity contribution in [2.24, 2.45) is 0 Å². The zero-order valence-electron chi connectivity index (χ0n) is 14.0. The predicted octanol–water partition coefficient (Wildman–Crippen LogP) is 2.03. The highest BCUT2D eigenvalue weighted by atomic mass is 16.6. The number of anilines is 1. The molecule has 8 heteroatoms. The van der Waals surface area contributed by atoms with Gasteiger partial charge < -0.3 is 14.6 Å². The number of ether oxygens (including phenoxy) is 1. The van der Waals surface area contributed by atoms with Crippen LogP contribution in [0.15, 0.2) is 36.5 Å². The summed E-state index contributed by atoms with van der Waals surface area (Å²) in [6, 6.07) is 8.63. The van der Waals surface area contributed by atoms with Crippen LogP contribution >= 0.6 is 0 Å². The summed E-state index contributed by atoms with van der Waals surface area (Å²) in [6.07, 6.45) is 1.81. The molecule has 0 aliphatic carbocycles. The lowest BCUT2D eigenvalue weighted by Gasteiger charge is -2.35. The largest absolute Gasteiger partial charge is 0.464 e. The molecule has 25 heavy (non-hydrogen) atoms. The van der Waals surface area contributed by atoms with E-state index in [0.717, 1.165) is 38.3 Å². The van der Waals surface area contributed by atoms with Crippen molar-refractivity contribution in [1.82, 2.24) is 9.88 Å². The molecule has 1 N–H and O–H groups in total. The van der Waals surface area contributed by atoms with Crippen LogP contribution in [0.1, 0.15) is 16.1 Å². The average molecular weight is 344 g/mol. The van der Waals surface area contributed by atoms with Gasteiger partial charge in [-0.3, -0.25) is 15.0 Å². The summed E-state index contributed by atoms with van der Waals surface area (Å²) in [5.41, 5.74) is 2.27. The molecule has 1 aliphatic heterocycles. The van der Waals surface area contributed by atoms with E-state index in [0.29, 0.717) is 11.4 Å². The molecule has 0 saturated carbocycles. The molecular weight excluding hydrogens is 324 g/mol. The summed E-state index contributed by atoms with van der Waals surface area (Å²) in [5, 5.41) is 11.2. The molecule has 0 spiro atoms. The highest BCUT2D eigenvalue weighted by Crippen LogP contribution is 2.28. The Morgan fingerprint density at radius 1 is 1.28 bits per heavy atom. The van der Waals surface area contributed by atoms with Crippen LogP contribution in [0.4, 0.5) is 11.4 Å². The van der Waals surface area contributed by atoms with Gasteiger partial charge in [0.05, 0.1) is 12.0 Å². The number of carbonyl (C=O) groups excluding carboxylic acids is 1. The first kappa shape index (κ1) is 17.0. The summed E-state index contributed by atoms with van der Waals surface area (Å²) in [6.45, 7) is 3.76. The standard InChI is InChI=1S/C17H20N4O4/c1-25-17(22)14-10-13(11-18-14)12-19-6-8-20(9-7-19)15-4-2-3-5-16(15)21(23)24/h2-5,10-11,18H,6-9,12H2,1H3. The van der Waals surface area contributed by atoms with Gasteiger partial charge in [0.25, 0.3) is 5.69 Å². The van der Waals surface area contributed by atoms with Crippen LogP contribution in [0, 0.1) is 10.1 Å². The normalized spacial score (nSPS) is 15.2. The third-order valence-electron chi connectivity index (χ3n) is 4.35. The number of nitro groups is 1. The molecule has 0 bridgehead atoms. The molecular formula is C17H20N4O4. The molecule has 1 aromatic carbocycles. The van der Waals surface area contributed by atoms with E-state index in [-0.39, 0.29) is 16.6 Å². The number of nitrogens with one attached hydrogen (secondary N) is 1. The molecule has 1 aliphatic rings. The Morgan fingerprint density at radius 3 is 2.68 bits per heavy atom. The fourth-order valence-electron chi connectivity index (χ4n) is 3.05. The Hall–Kier alpha value is -2.87. The van der Waals surface area contributed by atoms with Crippen LogP contribution in [-0.4, -0.2) is 54.1 Å². The molecule has 3 rings (SSSR count). The van der Waals surface area contributed by atoms with Gasteiger partial charge in [-0.1, -0.05) is 12.1 Å². The maximum Gasteiger partial charge on any atom is 0.354 e. The zero-order valence-corrected chi connectivity index (χ0v) is 14.0. The highest BCUT2D eigenvalue weighted by Gasteiger charge is 2.23. The van der Waals surface area contributed by atoms with Crippen molar-refractivity contribution in [3.05, 3.63) is 57.9 Å². The first-order valence-electron chi connectivity index (χ1n) is 8.05. The van der Waals surface area contributed by atoms with Gasteiger partial charge in [-0.15, -0.1) is 0 Å². The molecule has 1 fully saturated rings. The quantitative estimate of drug-likeness (QED) is 0.507. The van der Waals surface area contributed by atoms with Crippen LogP contribution in [0.25, 0.3) is 0 Å². The number of hydrogen-bond acceptors (Lipinski definition) is 6. The van der Waals surface area contributed by atoms with Gasteiger partial charge in [-0.05, 0) is 17.7 Å². The Bertz CT molecular complexity index is 766. The number of nitro benzene ring substituents is 1. The van der Waals surface area contributed by atoms with Crippen molar-refractivity contribution in [1.29, 1.82) is 0 Å². The molecule has 132 valence electrons. The van der Waals surface area contributed by atoms with Crippen molar-refractivity contribution >= 4 is 17.3 Å². The second-order valence-electron chi connectivity index (χ2n) is 5.92. The van der Waals surface area contributed by atoms with Crippen LogP contribution in [0.2, 0.25) is 0 Å². The second kappa shape index (κ2) is 7.35. The van der Waals surface area contributed by atoms with Gasteiger partial charge in [0.1, 0.15) is 11.4 Å². The van der Waals surface area contributed by atoms with Crippen LogP contribution in [0.5, 0.6) is 0 Å². The molecule has 0 atom stereocenters. The van der Waals surface area contributed by atoms with Crippen LogP contribution < -0.4 is 4.90 Å². The van der Waals surface area contributed by atoms with Gasteiger partial charge in [-0.2, -0.15) is 0 Å². The van der Waals surface area contributed by atoms with E-state index in [9.17, 15) is 14.9 Å². The summed E-state index contributed by atoms with van der Waals surface area (Å²) in [4.78, 5) is 29.5. The van der Waals surface area contributed by atoms with Gasteiger partial charge in [0.2, 0.25) is 0 Å². The first-order chi connectivity index (χ1) is 12.1. The Kier molecular flexibility index (Phi) is 4.99. The first-order valence-corrected chi connectivity index (χ1v) is 8.05. The van der Waals surface area contributed by atoms with E-state index < -0.39 is 0 Å². The summed E-state index contributed by atoms with van der Waals surface area (Å²) < 4.78 is 4.69. The predicted molar refractivity (Wildman–Crippen MR) is 92.7 cm³/mol. The number of para-hydroxylation sites is 2. The van der Waals surface area contributed by atoms with Gasteiger partial charge >= 0.3 is 5.97 Å². The minimum atomic E-state index is -0.382. The maximum absolute atomic E-state index is 11.5. The summed E-state index contributed by atoms with van der Waals surface area (Å²) in [7, 11) is 1.35. The van der Waals surface area contributed by atoms with E-state index >= 15 is 0 Å². The van der Waals surface area contributed by atoms with E-state index in [1.165, 1.54) is 13.2 Å². The monoisotopic (exact) mass is 344 g/mol. The topological polar surface area (TPSA) is 91.7 Å². The van der Waals surface area contributed by atoms with E-state index in [1.807, 2.05) is 11.0 Å². The molecule has 2 heterocycles. The number of piperazine rings is 1. The second-order valence-corrected chi connectivity index (χ2v) is 5.92. The Balaban J connectivity index is 1.60.